The summed E-state index contributed by atoms with van der Waals surface area (Å²) in [6.07, 6.45) is -4.67. The number of hydrogen-bond donors (Lipinski definition) is 1. The fourth-order valence-corrected chi connectivity index (χ4v) is 3.57. The van der Waals surface area contributed by atoms with E-state index in [4.69, 9.17) is 0 Å². The molecule has 0 saturated carbocycles. The second kappa shape index (κ2) is 8.09. The van der Waals surface area contributed by atoms with E-state index >= 15 is 0 Å². The second-order valence-corrected chi connectivity index (χ2v) is 7.64. The van der Waals surface area contributed by atoms with E-state index in [-0.39, 0.29) is 24.2 Å². The number of amides is 3. The van der Waals surface area contributed by atoms with Gasteiger partial charge in [-0.15, -0.1) is 0 Å². The SMILES string of the molecule is CC(C)[C@H]1NC(=O)N(CN2CCN(c3ccc(C(F)(F)F)cc3[N+](=O)[O-])CC2)C1=O. The van der Waals surface area contributed by atoms with Gasteiger partial charge < -0.3 is 10.2 Å². The Morgan fingerprint density at radius 3 is 2.33 bits per heavy atom. The number of hydrogen-bond acceptors (Lipinski definition) is 6. The maximum absolute atomic E-state index is 12.9. The van der Waals surface area contributed by atoms with Gasteiger partial charge in [-0.2, -0.15) is 13.2 Å². The monoisotopic (exact) mass is 429 g/mol. The van der Waals surface area contributed by atoms with Gasteiger partial charge in [-0.1, -0.05) is 13.8 Å². The zero-order valence-corrected chi connectivity index (χ0v) is 16.5. The maximum atomic E-state index is 12.9. The molecular weight excluding hydrogens is 407 g/mol. The quantitative estimate of drug-likeness (QED) is 0.438. The van der Waals surface area contributed by atoms with Crippen LogP contribution in [0.4, 0.5) is 29.3 Å². The van der Waals surface area contributed by atoms with Crippen molar-refractivity contribution < 1.29 is 27.7 Å². The van der Waals surface area contributed by atoms with Gasteiger partial charge in [0.25, 0.3) is 11.6 Å². The number of piperazine rings is 1. The summed E-state index contributed by atoms with van der Waals surface area (Å²) < 4.78 is 38.6. The Morgan fingerprint density at radius 2 is 1.83 bits per heavy atom. The summed E-state index contributed by atoms with van der Waals surface area (Å²) in [5.41, 5.74) is -1.57. The van der Waals surface area contributed by atoms with E-state index in [2.05, 4.69) is 5.32 Å². The molecule has 3 amide bonds. The van der Waals surface area contributed by atoms with Crippen LogP contribution >= 0.6 is 0 Å². The minimum absolute atomic E-state index is 0.0384. The summed E-state index contributed by atoms with van der Waals surface area (Å²) in [5.74, 6) is -0.334. The topological polar surface area (TPSA) is 99.0 Å². The molecule has 0 bridgehead atoms. The van der Waals surface area contributed by atoms with E-state index in [0.717, 1.165) is 17.0 Å². The highest BCUT2D eigenvalue weighted by Crippen LogP contribution is 2.36. The first-order valence-corrected chi connectivity index (χ1v) is 9.44. The van der Waals surface area contributed by atoms with Gasteiger partial charge in [0.15, 0.2) is 0 Å². The third kappa shape index (κ3) is 4.32. The van der Waals surface area contributed by atoms with E-state index in [1.54, 1.807) is 4.90 Å². The van der Waals surface area contributed by atoms with Gasteiger partial charge in [-0.3, -0.25) is 19.8 Å². The van der Waals surface area contributed by atoms with Crippen LogP contribution in [-0.2, 0) is 11.0 Å². The molecule has 1 aromatic rings. The summed E-state index contributed by atoms with van der Waals surface area (Å²) in [6.45, 7) is 5.16. The molecule has 0 aliphatic carbocycles. The molecule has 2 saturated heterocycles. The van der Waals surface area contributed by atoms with Crippen molar-refractivity contribution in [3.05, 3.63) is 33.9 Å². The molecule has 0 unspecified atom stereocenters. The first-order chi connectivity index (χ1) is 14.0. The Bertz CT molecular complexity index is 853. The molecule has 1 atom stereocenters. The van der Waals surface area contributed by atoms with Crippen LogP contribution in [0.2, 0.25) is 0 Å². The van der Waals surface area contributed by atoms with Crippen LogP contribution < -0.4 is 10.2 Å². The number of carbonyl (C=O) groups excluding carboxylic acids is 2. The Morgan fingerprint density at radius 1 is 1.20 bits per heavy atom. The minimum Gasteiger partial charge on any atom is -0.363 e. The normalized spacial score (nSPS) is 20.8. The van der Waals surface area contributed by atoms with Crippen molar-refractivity contribution in [3.63, 3.8) is 0 Å². The molecule has 2 aliphatic rings. The molecule has 1 aromatic carbocycles. The molecule has 12 heteroatoms. The Labute approximate surface area is 170 Å². The van der Waals surface area contributed by atoms with Gasteiger partial charge in [-0.05, 0) is 18.1 Å². The van der Waals surface area contributed by atoms with Gasteiger partial charge in [-0.25, -0.2) is 9.69 Å². The minimum atomic E-state index is -4.67. The number of benzene rings is 1. The zero-order chi connectivity index (χ0) is 22.2. The van der Waals surface area contributed by atoms with E-state index in [1.165, 1.54) is 0 Å². The number of rotatable bonds is 5. The average molecular weight is 429 g/mol. The molecule has 3 rings (SSSR count). The molecule has 164 valence electrons. The smallest absolute Gasteiger partial charge is 0.363 e. The lowest BCUT2D eigenvalue weighted by molar-refractivity contribution is -0.384. The first kappa shape index (κ1) is 21.8. The van der Waals surface area contributed by atoms with Crippen molar-refractivity contribution in [2.45, 2.75) is 26.1 Å². The number of nitrogens with zero attached hydrogens (tertiary/aromatic N) is 4. The molecule has 0 aromatic heterocycles. The lowest BCUT2D eigenvalue weighted by atomic mass is 10.1. The van der Waals surface area contributed by atoms with Crippen LogP contribution in [0.5, 0.6) is 0 Å². The summed E-state index contributed by atoms with van der Waals surface area (Å²) in [6, 6.07) is 1.46. The molecule has 1 N–H and O–H groups in total. The average Bonchev–Trinajstić information content (AvgIpc) is 2.96. The first-order valence-electron chi connectivity index (χ1n) is 9.44. The number of alkyl halides is 3. The van der Waals surface area contributed by atoms with Crippen LogP contribution in [0.3, 0.4) is 0 Å². The lowest BCUT2D eigenvalue weighted by Crippen LogP contribution is -2.51. The largest absolute Gasteiger partial charge is 0.416 e. The molecular formula is C18H22F3N5O4. The van der Waals surface area contributed by atoms with Gasteiger partial charge >= 0.3 is 12.2 Å². The molecule has 2 heterocycles. The second-order valence-electron chi connectivity index (χ2n) is 7.64. The highest BCUT2D eigenvalue weighted by atomic mass is 19.4. The highest BCUT2D eigenvalue weighted by molar-refractivity contribution is 6.04. The number of imide groups is 1. The van der Waals surface area contributed by atoms with Crippen LogP contribution in [0.25, 0.3) is 0 Å². The number of nitrogens with one attached hydrogen (secondary N) is 1. The number of anilines is 1. The number of nitro benzene ring substituents is 1. The maximum Gasteiger partial charge on any atom is 0.416 e. The Kier molecular flexibility index (Phi) is 5.88. The summed E-state index contributed by atoms with van der Waals surface area (Å²) in [4.78, 5) is 39.6. The highest BCUT2D eigenvalue weighted by Gasteiger charge is 2.40. The van der Waals surface area contributed by atoms with Crippen LogP contribution in [0, 0.1) is 16.0 Å². The molecule has 30 heavy (non-hydrogen) atoms. The molecule has 2 fully saturated rings. The van der Waals surface area contributed by atoms with Gasteiger partial charge in [0.05, 0.1) is 17.2 Å². The molecule has 0 radical (unpaired) electrons. The molecule has 2 aliphatic heterocycles. The summed E-state index contributed by atoms with van der Waals surface area (Å²) >= 11 is 0. The lowest BCUT2D eigenvalue weighted by Gasteiger charge is -2.36. The van der Waals surface area contributed by atoms with E-state index in [9.17, 15) is 32.9 Å². The fourth-order valence-electron chi connectivity index (χ4n) is 3.57. The van der Waals surface area contributed by atoms with Crippen molar-refractivity contribution in [3.8, 4) is 0 Å². The molecule has 0 spiro atoms. The number of urea groups is 1. The number of halogens is 3. The van der Waals surface area contributed by atoms with Crippen LogP contribution in [0.1, 0.15) is 19.4 Å². The van der Waals surface area contributed by atoms with Gasteiger partial charge in [0.1, 0.15) is 11.7 Å². The van der Waals surface area contributed by atoms with Gasteiger partial charge in [0.2, 0.25) is 0 Å². The third-order valence-corrected chi connectivity index (χ3v) is 5.28. The Hall–Kier alpha value is -2.89. The predicted molar refractivity (Wildman–Crippen MR) is 101 cm³/mol. The van der Waals surface area contributed by atoms with Gasteiger partial charge in [0, 0.05) is 32.2 Å². The van der Waals surface area contributed by atoms with Crippen LogP contribution in [0.15, 0.2) is 18.2 Å². The zero-order valence-electron chi connectivity index (χ0n) is 16.5. The summed E-state index contributed by atoms with van der Waals surface area (Å²) in [7, 11) is 0. The van der Waals surface area contributed by atoms with Crippen LogP contribution in [-0.4, -0.2) is 65.6 Å². The van der Waals surface area contributed by atoms with Crippen molar-refractivity contribution >= 4 is 23.3 Å². The van der Waals surface area contributed by atoms with Crippen molar-refractivity contribution in [2.24, 2.45) is 5.92 Å². The number of carbonyl (C=O) groups is 2. The van der Waals surface area contributed by atoms with Crippen molar-refractivity contribution in [1.29, 1.82) is 0 Å². The third-order valence-electron chi connectivity index (χ3n) is 5.28. The fraction of sp³-hybridized carbons (Fsp3) is 0.556. The predicted octanol–water partition coefficient (Wildman–Crippen LogP) is 2.27. The van der Waals surface area contributed by atoms with Crippen molar-refractivity contribution in [1.82, 2.24) is 15.1 Å². The molecule has 9 nitrogen and oxygen atoms in total. The van der Waals surface area contributed by atoms with E-state index in [1.807, 2.05) is 18.7 Å². The Balaban J connectivity index is 1.67. The van der Waals surface area contributed by atoms with E-state index < -0.39 is 34.4 Å². The van der Waals surface area contributed by atoms with E-state index in [0.29, 0.717) is 32.2 Å². The van der Waals surface area contributed by atoms with Crippen molar-refractivity contribution in [2.75, 3.05) is 37.7 Å². The number of nitro groups is 1. The summed E-state index contributed by atoms with van der Waals surface area (Å²) in [5, 5.41) is 14.0. The standard InChI is InChI=1S/C18H22F3N5O4/c1-11(2)15-16(27)25(17(28)22-15)10-23-5-7-24(8-6-23)13-4-3-12(18(19,20)21)9-14(13)26(29)30/h3-4,9,11,15H,5-8,10H2,1-2H3,(H,22,28)/t15-/m1/s1.